The molecule has 0 fully saturated rings. The van der Waals surface area contributed by atoms with Crippen LogP contribution in [0.4, 0.5) is 0 Å². The highest BCUT2D eigenvalue weighted by Gasteiger charge is 2.14. The van der Waals surface area contributed by atoms with E-state index < -0.39 is 21.8 Å². The van der Waals surface area contributed by atoms with Crippen LogP contribution in [0.3, 0.4) is 0 Å². The highest BCUT2D eigenvalue weighted by atomic mass is 32.2. The molecule has 0 aromatic heterocycles. The number of hydrogen-bond donors (Lipinski definition) is 3. The van der Waals surface area contributed by atoms with Crippen LogP contribution in [-0.4, -0.2) is 26.8 Å². The minimum atomic E-state index is -3.67. The topological polar surface area (TPSA) is 104 Å². The fraction of sp³-hybridized carbons (Fsp3) is 0.222. The molecule has 7 nitrogen and oxygen atoms in total. The number of carbonyl (C=O) groups is 2. The monoisotopic (exact) mass is 375 g/mol. The summed E-state index contributed by atoms with van der Waals surface area (Å²) in [7, 11) is -3.67. The molecule has 26 heavy (non-hydrogen) atoms. The van der Waals surface area contributed by atoms with Crippen LogP contribution in [0.25, 0.3) is 0 Å². The number of benzene rings is 2. The fourth-order valence-electron chi connectivity index (χ4n) is 2.18. The van der Waals surface area contributed by atoms with Gasteiger partial charge in [0.1, 0.15) is 0 Å². The van der Waals surface area contributed by atoms with E-state index in [1.54, 1.807) is 37.3 Å². The van der Waals surface area contributed by atoms with Gasteiger partial charge in [-0.1, -0.05) is 35.9 Å². The molecule has 138 valence electrons. The van der Waals surface area contributed by atoms with Crippen LogP contribution >= 0.6 is 0 Å². The summed E-state index contributed by atoms with van der Waals surface area (Å²) in [5.74, 6) is -0.935. The van der Waals surface area contributed by atoms with Gasteiger partial charge in [-0.2, -0.15) is 0 Å². The molecule has 0 atom stereocenters. The van der Waals surface area contributed by atoms with Crippen molar-refractivity contribution in [2.45, 2.75) is 25.2 Å². The second-order valence-electron chi connectivity index (χ2n) is 5.78. The molecule has 0 bridgehead atoms. The van der Waals surface area contributed by atoms with E-state index >= 15 is 0 Å². The smallest absolute Gasteiger partial charge is 0.269 e. The van der Waals surface area contributed by atoms with Gasteiger partial charge in [-0.05, 0) is 37.6 Å². The Morgan fingerprint density at radius 3 is 2.23 bits per heavy atom. The van der Waals surface area contributed by atoms with Crippen molar-refractivity contribution in [3.63, 3.8) is 0 Å². The first-order chi connectivity index (χ1) is 12.3. The Hall–Kier alpha value is -2.71. The lowest BCUT2D eigenvalue weighted by Gasteiger charge is -2.10. The van der Waals surface area contributed by atoms with E-state index in [4.69, 9.17) is 0 Å². The summed E-state index contributed by atoms with van der Waals surface area (Å²) < 4.78 is 26.6. The van der Waals surface area contributed by atoms with Gasteiger partial charge in [0, 0.05) is 18.5 Å². The van der Waals surface area contributed by atoms with Gasteiger partial charge in [0.15, 0.2) is 0 Å². The quantitative estimate of drug-likeness (QED) is 0.665. The normalized spacial score (nSPS) is 11.0. The molecule has 0 spiro atoms. The van der Waals surface area contributed by atoms with Crippen LogP contribution in [0.15, 0.2) is 53.4 Å². The Morgan fingerprint density at radius 1 is 0.923 bits per heavy atom. The molecule has 3 N–H and O–H groups in total. The zero-order valence-electron chi connectivity index (χ0n) is 14.6. The number of aryl methyl sites for hydroxylation is 2. The van der Waals surface area contributed by atoms with Gasteiger partial charge in [-0.3, -0.25) is 20.4 Å². The zero-order valence-corrected chi connectivity index (χ0v) is 15.4. The maximum atomic E-state index is 12.1. The van der Waals surface area contributed by atoms with Crippen LogP contribution in [0.2, 0.25) is 0 Å². The van der Waals surface area contributed by atoms with Gasteiger partial charge in [-0.15, -0.1) is 0 Å². The first-order valence-electron chi connectivity index (χ1n) is 8.01. The number of hydrazine groups is 1. The van der Waals surface area contributed by atoms with Crippen LogP contribution in [-0.2, 0) is 14.8 Å². The van der Waals surface area contributed by atoms with Gasteiger partial charge in [-0.25, -0.2) is 13.1 Å². The maximum absolute atomic E-state index is 12.1. The molecule has 2 rings (SSSR count). The van der Waals surface area contributed by atoms with Crippen molar-refractivity contribution in [3.05, 3.63) is 65.2 Å². The largest absolute Gasteiger partial charge is 0.273 e. The Kier molecular flexibility index (Phi) is 6.48. The van der Waals surface area contributed by atoms with Crippen LogP contribution in [0, 0.1) is 13.8 Å². The summed E-state index contributed by atoms with van der Waals surface area (Å²) in [4.78, 5) is 23.9. The summed E-state index contributed by atoms with van der Waals surface area (Å²) in [6.07, 6.45) is -0.112. The molecule has 8 heteroatoms. The van der Waals surface area contributed by atoms with E-state index in [1.165, 1.54) is 12.1 Å². The molecule has 0 saturated carbocycles. The molecule has 2 aromatic rings. The molecular weight excluding hydrogens is 354 g/mol. The Bertz CT molecular complexity index is 893. The lowest BCUT2D eigenvalue weighted by Crippen LogP contribution is -2.43. The maximum Gasteiger partial charge on any atom is 0.269 e. The number of carbonyl (C=O) groups excluding carboxylic acids is 2. The van der Waals surface area contributed by atoms with E-state index in [1.807, 2.05) is 13.0 Å². The first-order valence-corrected chi connectivity index (χ1v) is 9.49. The Balaban J connectivity index is 1.79. The number of nitrogens with one attached hydrogen (secondary N) is 3. The van der Waals surface area contributed by atoms with Crippen LogP contribution < -0.4 is 15.6 Å². The van der Waals surface area contributed by atoms with Crippen LogP contribution in [0.1, 0.15) is 27.9 Å². The third kappa shape index (κ3) is 5.40. The van der Waals surface area contributed by atoms with Gasteiger partial charge < -0.3 is 0 Å². The summed E-state index contributed by atoms with van der Waals surface area (Å²) in [5.41, 5.74) is 6.76. The van der Waals surface area contributed by atoms with Crippen molar-refractivity contribution in [2.24, 2.45) is 0 Å². The third-order valence-electron chi connectivity index (χ3n) is 3.68. The van der Waals surface area contributed by atoms with E-state index in [0.717, 1.165) is 11.1 Å². The van der Waals surface area contributed by atoms with Crippen LogP contribution in [0.5, 0.6) is 0 Å². The van der Waals surface area contributed by atoms with E-state index in [2.05, 4.69) is 15.6 Å². The van der Waals surface area contributed by atoms with Crippen molar-refractivity contribution in [1.29, 1.82) is 0 Å². The summed E-state index contributed by atoms with van der Waals surface area (Å²) in [6, 6.07) is 13.4. The number of rotatable bonds is 6. The highest BCUT2D eigenvalue weighted by molar-refractivity contribution is 7.89. The number of hydrogen-bond acceptors (Lipinski definition) is 4. The molecular formula is C18H21N3O4S. The molecule has 2 amide bonds. The summed E-state index contributed by atoms with van der Waals surface area (Å²) >= 11 is 0. The predicted octanol–water partition coefficient (Wildman–Crippen LogP) is 1.43. The van der Waals surface area contributed by atoms with E-state index in [9.17, 15) is 18.0 Å². The lowest BCUT2D eigenvalue weighted by molar-refractivity contribution is -0.121. The molecule has 0 heterocycles. The van der Waals surface area contributed by atoms with Gasteiger partial charge in [0.2, 0.25) is 15.9 Å². The molecule has 0 aliphatic heterocycles. The molecule has 0 aliphatic carbocycles. The van der Waals surface area contributed by atoms with Gasteiger partial charge >= 0.3 is 0 Å². The van der Waals surface area contributed by atoms with E-state index in [0.29, 0.717) is 5.56 Å². The summed E-state index contributed by atoms with van der Waals surface area (Å²) in [5, 5.41) is 0. The molecule has 0 unspecified atom stereocenters. The Morgan fingerprint density at radius 2 is 1.58 bits per heavy atom. The fourth-order valence-corrected chi connectivity index (χ4v) is 3.22. The van der Waals surface area contributed by atoms with Crippen molar-refractivity contribution < 1.29 is 18.0 Å². The molecule has 2 aromatic carbocycles. The molecule has 0 saturated heterocycles. The summed E-state index contributed by atoms with van der Waals surface area (Å²) in [6.45, 7) is 3.57. The van der Waals surface area contributed by atoms with Gasteiger partial charge in [0.05, 0.1) is 4.90 Å². The standard InChI is InChI=1S/C18H21N3O4S/c1-13-7-9-15(10-8-13)26(24,25)19-12-11-17(22)20-21-18(23)16-6-4-3-5-14(16)2/h3-10,19H,11-12H2,1-2H3,(H,20,22)(H,21,23). The average molecular weight is 375 g/mol. The molecule has 0 aliphatic rings. The van der Waals surface area contributed by atoms with E-state index in [-0.39, 0.29) is 17.9 Å². The molecule has 0 radical (unpaired) electrons. The minimum Gasteiger partial charge on any atom is -0.273 e. The number of amides is 2. The lowest BCUT2D eigenvalue weighted by atomic mass is 10.1. The van der Waals surface area contributed by atoms with Crippen molar-refractivity contribution in [1.82, 2.24) is 15.6 Å². The second kappa shape index (κ2) is 8.59. The minimum absolute atomic E-state index is 0.0811. The van der Waals surface area contributed by atoms with Crippen molar-refractivity contribution in [2.75, 3.05) is 6.54 Å². The van der Waals surface area contributed by atoms with Gasteiger partial charge in [0.25, 0.3) is 5.91 Å². The second-order valence-corrected chi connectivity index (χ2v) is 7.55. The predicted molar refractivity (Wildman–Crippen MR) is 97.8 cm³/mol. The van der Waals surface area contributed by atoms with Crippen molar-refractivity contribution in [3.8, 4) is 0 Å². The number of sulfonamides is 1. The average Bonchev–Trinajstić information content (AvgIpc) is 2.60. The highest BCUT2D eigenvalue weighted by Crippen LogP contribution is 2.09. The SMILES string of the molecule is Cc1ccc(S(=O)(=O)NCCC(=O)NNC(=O)c2ccccc2C)cc1. The third-order valence-corrected chi connectivity index (χ3v) is 5.16. The zero-order chi connectivity index (χ0) is 19.2. The van der Waals surface area contributed by atoms with Crippen molar-refractivity contribution >= 4 is 21.8 Å². The Labute approximate surface area is 152 Å². The first kappa shape index (κ1) is 19.6.